The zero-order chi connectivity index (χ0) is 29.8. The molecule has 1 spiro atoms. The van der Waals surface area contributed by atoms with Gasteiger partial charge in [-0.25, -0.2) is 0 Å². The van der Waals surface area contributed by atoms with Gasteiger partial charge in [-0.1, -0.05) is 17.7 Å². The first-order valence-electron chi connectivity index (χ1n) is 13.9. The molecule has 2 heterocycles. The van der Waals surface area contributed by atoms with Crippen molar-refractivity contribution < 1.29 is 43.2 Å². The first-order valence-corrected chi connectivity index (χ1v) is 14.9. The molecule has 2 saturated heterocycles. The molecule has 11 heteroatoms. The van der Waals surface area contributed by atoms with Crippen molar-refractivity contribution in [3.63, 3.8) is 0 Å². The summed E-state index contributed by atoms with van der Waals surface area (Å²) in [5.41, 5.74) is 0.970. The van der Waals surface area contributed by atoms with E-state index < -0.39 is 35.7 Å². The summed E-state index contributed by atoms with van der Waals surface area (Å²) in [6, 6.07) is 6.89. The van der Waals surface area contributed by atoms with E-state index in [0.29, 0.717) is 18.7 Å². The van der Waals surface area contributed by atoms with Crippen LogP contribution in [0.5, 0.6) is 0 Å². The highest BCUT2D eigenvalue weighted by Gasteiger charge is 2.72. The Hall–Kier alpha value is -2.73. The highest BCUT2D eigenvalue weighted by atomic mass is 32.2. The zero-order valence-electron chi connectivity index (χ0n) is 24.0. The number of Topliss-reactive ketones (excluding diaryl/α,β-unsaturated/α-hetero) is 1. The number of aliphatic carboxylic acids is 1. The lowest BCUT2D eigenvalue weighted by Gasteiger charge is -2.42. The number of carbonyl (C=O) groups excluding carboxylic acids is 3. The van der Waals surface area contributed by atoms with Gasteiger partial charge in [0.2, 0.25) is 5.91 Å². The summed E-state index contributed by atoms with van der Waals surface area (Å²) in [6.07, 6.45) is 2.69. The zero-order valence-corrected chi connectivity index (χ0v) is 24.8. The Morgan fingerprint density at radius 1 is 1.22 bits per heavy atom. The van der Waals surface area contributed by atoms with Gasteiger partial charge >= 0.3 is 11.9 Å². The van der Waals surface area contributed by atoms with Crippen LogP contribution in [0.25, 0.3) is 0 Å². The van der Waals surface area contributed by atoms with Crippen molar-refractivity contribution in [1.82, 2.24) is 0 Å². The second kappa shape index (κ2) is 13.1. The van der Waals surface area contributed by atoms with Gasteiger partial charge in [0.25, 0.3) is 0 Å². The number of hydrogen-bond acceptors (Lipinski definition) is 9. The number of methoxy groups -OCH3 is 1. The van der Waals surface area contributed by atoms with Gasteiger partial charge in [-0.2, -0.15) is 0 Å². The van der Waals surface area contributed by atoms with Crippen molar-refractivity contribution in [1.29, 1.82) is 0 Å². The number of ketones is 1. The third-order valence-electron chi connectivity index (χ3n) is 7.94. The summed E-state index contributed by atoms with van der Waals surface area (Å²) in [7, 11) is 1.61. The molecular formula is C30H39NO9S. The van der Waals surface area contributed by atoms with Crippen molar-refractivity contribution in [2.24, 2.45) is 5.92 Å². The number of epoxide rings is 2. The Bertz CT molecular complexity index is 1190. The maximum Gasteiger partial charge on any atom is 0.313 e. The Morgan fingerprint density at radius 2 is 1.98 bits per heavy atom. The van der Waals surface area contributed by atoms with E-state index >= 15 is 0 Å². The molecule has 224 valence electrons. The van der Waals surface area contributed by atoms with Gasteiger partial charge in [-0.05, 0) is 58.2 Å². The molecule has 0 bridgehead atoms. The summed E-state index contributed by atoms with van der Waals surface area (Å²) in [5, 5.41) is 11.4. The molecule has 0 unspecified atom stereocenters. The molecular weight excluding hydrogens is 550 g/mol. The second-order valence-electron chi connectivity index (χ2n) is 11.4. The van der Waals surface area contributed by atoms with Crippen LogP contribution in [0.1, 0.15) is 59.3 Å². The van der Waals surface area contributed by atoms with E-state index in [9.17, 15) is 19.2 Å². The number of allylic oxidation sites excluding steroid dienone is 1. The van der Waals surface area contributed by atoms with Crippen LogP contribution in [-0.4, -0.2) is 77.7 Å². The van der Waals surface area contributed by atoms with Crippen LogP contribution in [0.15, 0.2) is 40.8 Å². The molecule has 1 amide bonds. The summed E-state index contributed by atoms with van der Waals surface area (Å²) in [6.45, 7) is 6.83. The maximum atomic E-state index is 12.8. The highest BCUT2D eigenvalue weighted by molar-refractivity contribution is 8.00. The first-order chi connectivity index (χ1) is 19.5. The average Bonchev–Trinajstić information content (AvgIpc) is 3.83. The molecule has 1 saturated carbocycles. The molecule has 1 aromatic rings. The fourth-order valence-electron chi connectivity index (χ4n) is 5.76. The van der Waals surface area contributed by atoms with Crippen molar-refractivity contribution in [3.05, 3.63) is 35.9 Å². The third kappa shape index (κ3) is 7.97. The minimum atomic E-state index is -1.04. The molecule has 4 rings (SSSR count). The van der Waals surface area contributed by atoms with Crippen LogP contribution in [0.3, 0.4) is 0 Å². The normalized spacial score (nSPS) is 29.9. The minimum absolute atomic E-state index is 0.0470. The molecule has 0 radical (unpaired) electrons. The summed E-state index contributed by atoms with van der Waals surface area (Å²) in [5.74, 6) is -2.35. The number of thioether (sulfide) groups is 1. The highest BCUT2D eigenvalue weighted by Crippen LogP contribution is 2.59. The van der Waals surface area contributed by atoms with E-state index in [1.54, 1.807) is 31.4 Å². The second-order valence-corrected chi connectivity index (χ2v) is 12.4. The van der Waals surface area contributed by atoms with Crippen molar-refractivity contribution in [2.45, 2.75) is 93.7 Å². The number of amides is 1. The summed E-state index contributed by atoms with van der Waals surface area (Å²) in [4.78, 5) is 48.7. The van der Waals surface area contributed by atoms with E-state index in [1.807, 2.05) is 0 Å². The Labute approximate surface area is 244 Å². The number of ether oxygens (including phenoxy) is 4. The van der Waals surface area contributed by atoms with Gasteiger partial charge in [0.05, 0.1) is 30.8 Å². The van der Waals surface area contributed by atoms with E-state index in [4.69, 9.17) is 24.1 Å². The Kier molecular flexibility index (Phi) is 9.94. The molecule has 3 aliphatic rings. The Morgan fingerprint density at radius 3 is 2.63 bits per heavy atom. The van der Waals surface area contributed by atoms with Crippen LogP contribution in [-0.2, 0) is 38.1 Å². The van der Waals surface area contributed by atoms with Crippen molar-refractivity contribution >= 4 is 41.1 Å². The fraction of sp³-hybridized carbons (Fsp3) is 0.600. The van der Waals surface area contributed by atoms with Crippen molar-refractivity contribution in [2.75, 3.05) is 24.8 Å². The molecule has 10 nitrogen and oxygen atoms in total. The molecule has 41 heavy (non-hydrogen) atoms. The monoisotopic (exact) mass is 589 g/mol. The van der Waals surface area contributed by atoms with Gasteiger partial charge < -0.3 is 29.4 Å². The first kappa shape index (κ1) is 31.2. The van der Waals surface area contributed by atoms with Crippen LogP contribution in [0.2, 0.25) is 0 Å². The number of esters is 1. The lowest BCUT2D eigenvalue weighted by atomic mass is 9.68. The lowest BCUT2D eigenvalue weighted by molar-refractivity contribution is -0.172. The molecule has 1 aliphatic carbocycles. The number of carbonyl (C=O) groups is 4. The third-order valence-corrected chi connectivity index (χ3v) is 9.00. The van der Waals surface area contributed by atoms with E-state index in [-0.39, 0.29) is 48.4 Å². The van der Waals surface area contributed by atoms with Crippen molar-refractivity contribution in [3.8, 4) is 0 Å². The molecule has 3 fully saturated rings. The number of nitrogens with one attached hydrogen (secondary N) is 1. The number of benzene rings is 1. The number of hydrogen-bond donors (Lipinski definition) is 2. The summed E-state index contributed by atoms with van der Waals surface area (Å²) >= 11 is 1.24. The number of carboxylic acid groups (broad SMARTS) is 1. The van der Waals surface area contributed by atoms with E-state index in [0.717, 1.165) is 17.7 Å². The average molecular weight is 590 g/mol. The smallest absolute Gasteiger partial charge is 0.313 e. The van der Waals surface area contributed by atoms with Crippen LogP contribution < -0.4 is 5.32 Å². The number of anilines is 1. The number of rotatable bonds is 14. The Balaban J connectivity index is 1.28. The van der Waals surface area contributed by atoms with Gasteiger partial charge in [0.1, 0.15) is 29.8 Å². The van der Waals surface area contributed by atoms with E-state index in [1.165, 1.54) is 17.3 Å². The molecule has 2 aliphatic heterocycles. The van der Waals surface area contributed by atoms with Crippen LogP contribution in [0.4, 0.5) is 5.69 Å². The standard InChI is InChI=1S/C30H39NO9S/c1-18(2)8-9-23-29(3,40-23)28-27(37-4)22(12-13-30(28)17-38-30)39-26(36)15-20(32)16-41-21-7-5-6-19(14-21)31-24(33)10-11-25(34)35/h5-8,14,22-23,27-28H,9-13,15-17H2,1-4H3,(H,31,33)(H,34,35)/t22-,23-,27-,28-,29-,30+/m1/s1. The molecule has 2 N–H and O–H groups in total. The predicted octanol–water partition coefficient (Wildman–Crippen LogP) is 4.16. The molecule has 0 aromatic heterocycles. The van der Waals surface area contributed by atoms with Gasteiger partial charge in [0.15, 0.2) is 5.78 Å². The van der Waals surface area contributed by atoms with E-state index in [2.05, 4.69) is 32.2 Å². The maximum absolute atomic E-state index is 12.8. The SMILES string of the molecule is CO[C@@H]1[C@H](OC(=O)CC(=O)CSc2cccc(NC(=O)CCC(=O)O)c2)CC[C@]2(CO2)[C@H]1[C@]1(C)O[C@@H]1CC=C(C)C. The van der Waals surface area contributed by atoms with Gasteiger partial charge in [0, 0.05) is 24.1 Å². The molecule has 6 atom stereocenters. The van der Waals surface area contributed by atoms with Gasteiger partial charge in [-0.3, -0.25) is 19.2 Å². The largest absolute Gasteiger partial charge is 0.481 e. The van der Waals surface area contributed by atoms with Crippen LogP contribution >= 0.6 is 11.8 Å². The number of carboxylic acids is 1. The molecule has 1 aromatic carbocycles. The topological polar surface area (TPSA) is 144 Å². The predicted molar refractivity (Wildman–Crippen MR) is 152 cm³/mol. The van der Waals surface area contributed by atoms with Gasteiger partial charge in [-0.15, -0.1) is 11.8 Å². The fourth-order valence-corrected chi connectivity index (χ4v) is 6.58. The van der Waals surface area contributed by atoms with Crippen LogP contribution in [0, 0.1) is 5.92 Å². The minimum Gasteiger partial charge on any atom is -0.481 e. The summed E-state index contributed by atoms with van der Waals surface area (Å²) < 4.78 is 23.9. The quantitative estimate of drug-likeness (QED) is 0.107. The lowest BCUT2D eigenvalue weighted by Crippen LogP contribution is -2.55.